The van der Waals surface area contributed by atoms with Gasteiger partial charge in [0.05, 0.1) is 6.61 Å². The summed E-state index contributed by atoms with van der Waals surface area (Å²) in [4.78, 5) is 24.1. The van der Waals surface area contributed by atoms with E-state index in [1.807, 2.05) is 0 Å². The largest absolute Gasteiger partial charge is 0.462 e. The average Bonchev–Trinajstić information content (AvgIpc) is 3.01. The van der Waals surface area contributed by atoms with Gasteiger partial charge in [-0.25, -0.2) is 0 Å². The third-order valence-electron chi connectivity index (χ3n) is 8.94. The quantitative estimate of drug-likeness (QED) is 0.0579. The van der Waals surface area contributed by atoms with E-state index in [-0.39, 0.29) is 25.2 Å². The van der Waals surface area contributed by atoms with Crippen LogP contribution in [-0.4, -0.2) is 36.4 Å². The zero-order chi connectivity index (χ0) is 31.6. The Kier molecular flexibility index (Phi) is 32.9. The summed E-state index contributed by atoms with van der Waals surface area (Å²) in [6.07, 6.45) is 34.6. The molecule has 2 atom stereocenters. The maximum atomic E-state index is 12.1. The molecule has 0 aliphatic heterocycles. The van der Waals surface area contributed by atoms with Crippen LogP contribution in [0.4, 0.5) is 0 Å². The van der Waals surface area contributed by atoms with Crippen LogP contribution in [0.25, 0.3) is 0 Å². The molecule has 0 aromatic carbocycles. The molecule has 0 aromatic heterocycles. The van der Waals surface area contributed by atoms with Crippen molar-refractivity contribution in [3.63, 3.8) is 0 Å². The number of carbonyl (C=O) groups is 2. The summed E-state index contributed by atoms with van der Waals surface area (Å²) >= 11 is 0. The van der Waals surface area contributed by atoms with E-state index in [9.17, 15) is 14.7 Å². The monoisotopic (exact) mass is 611 g/mol. The number of aliphatic hydroxyl groups excluding tert-OH is 1. The fourth-order valence-corrected chi connectivity index (χ4v) is 5.65. The summed E-state index contributed by atoms with van der Waals surface area (Å²) in [6, 6.07) is 0. The van der Waals surface area contributed by atoms with Crippen LogP contribution in [0, 0.1) is 5.92 Å². The van der Waals surface area contributed by atoms with Crippen molar-refractivity contribution in [3.8, 4) is 0 Å². The van der Waals surface area contributed by atoms with Crippen LogP contribution in [0.2, 0.25) is 0 Å². The van der Waals surface area contributed by atoms with Crippen LogP contribution in [-0.2, 0) is 19.1 Å². The molecule has 0 amide bonds. The van der Waals surface area contributed by atoms with E-state index < -0.39 is 6.10 Å². The second-order valence-electron chi connectivity index (χ2n) is 13.3. The van der Waals surface area contributed by atoms with Gasteiger partial charge in [-0.15, -0.1) is 0 Å². The number of unbranched alkanes of at least 4 members (excludes halogenated alkanes) is 23. The summed E-state index contributed by atoms with van der Waals surface area (Å²) in [7, 11) is 0. The Morgan fingerprint density at radius 2 is 0.907 bits per heavy atom. The van der Waals surface area contributed by atoms with Crippen LogP contribution < -0.4 is 0 Å². The Bertz CT molecular complexity index is 593. The van der Waals surface area contributed by atoms with Crippen molar-refractivity contribution in [2.75, 3.05) is 13.2 Å². The molecule has 5 heteroatoms. The van der Waals surface area contributed by atoms with E-state index in [1.165, 1.54) is 141 Å². The van der Waals surface area contributed by atoms with Crippen molar-refractivity contribution in [1.29, 1.82) is 0 Å². The Morgan fingerprint density at radius 3 is 1.30 bits per heavy atom. The maximum absolute atomic E-state index is 12.1. The molecule has 256 valence electrons. The molecule has 0 aliphatic carbocycles. The number of aliphatic hydroxyl groups is 1. The normalized spacial score (nSPS) is 12.7. The molecule has 1 N–H and O–H groups in total. The van der Waals surface area contributed by atoms with Crippen LogP contribution in [0.1, 0.15) is 207 Å². The number of carbonyl (C=O) groups excluding carboxylic acids is 2. The van der Waals surface area contributed by atoms with Gasteiger partial charge in [0.15, 0.2) is 6.10 Å². The van der Waals surface area contributed by atoms with E-state index in [4.69, 9.17) is 9.47 Å². The number of esters is 2. The molecule has 43 heavy (non-hydrogen) atoms. The molecule has 1 unspecified atom stereocenters. The molecule has 5 nitrogen and oxygen atoms in total. The zero-order valence-corrected chi connectivity index (χ0v) is 29.2. The zero-order valence-electron chi connectivity index (χ0n) is 29.2. The van der Waals surface area contributed by atoms with E-state index in [1.54, 1.807) is 0 Å². The van der Waals surface area contributed by atoms with Crippen LogP contribution in [0.5, 0.6) is 0 Å². The van der Waals surface area contributed by atoms with Gasteiger partial charge >= 0.3 is 11.9 Å². The minimum Gasteiger partial charge on any atom is -0.462 e. The lowest BCUT2D eigenvalue weighted by atomic mass is 10.00. The van der Waals surface area contributed by atoms with Crippen molar-refractivity contribution in [2.24, 2.45) is 5.92 Å². The maximum Gasteiger partial charge on any atom is 0.306 e. The molecule has 0 aliphatic rings. The fourth-order valence-electron chi connectivity index (χ4n) is 5.65. The third-order valence-corrected chi connectivity index (χ3v) is 8.94. The van der Waals surface area contributed by atoms with Gasteiger partial charge in [-0.3, -0.25) is 9.59 Å². The fraction of sp³-hybridized carbons (Fsp3) is 0.947. The van der Waals surface area contributed by atoms with Crippen molar-refractivity contribution >= 4 is 11.9 Å². The molecule has 0 rings (SSSR count). The van der Waals surface area contributed by atoms with E-state index >= 15 is 0 Å². The highest BCUT2D eigenvalue weighted by molar-refractivity contribution is 5.70. The van der Waals surface area contributed by atoms with E-state index in [2.05, 4.69) is 20.8 Å². The summed E-state index contributed by atoms with van der Waals surface area (Å²) in [6.45, 7) is 6.46. The molecule has 0 saturated heterocycles. The predicted molar refractivity (Wildman–Crippen MR) is 182 cm³/mol. The first-order valence-corrected chi connectivity index (χ1v) is 19.0. The molecular formula is C38H74O5. The van der Waals surface area contributed by atoms with Gasteiger partial charge in [-0.2, -0.15) is 0 Å². The van der Waals surface area contributed by atoms with Gasteiger partial charge in [0.2, 0.25) is 0 Å². The van der Waals surface area contributed by atoms with Gasteiger partial charge in [-0.1, -0.05) is 181 Å². The molecule has 0 heterocycles. The topological polar surface area (TPSA) is 72.8 Å². The number of hydrogen-bond donors (Lipinski definition) is 1. The Labute approximate surface area is 268 Å². The van der Waals surface area contributed by atoms with E-state index in [0.29, 0.717) is 12.8 Å². The first-order valence-electron chi connectivity index (χ1n) is 19.0. The van der Waals surface area contributed by atoms with Gasteiger partial charge < -0.3 is 14.6 Å². The van der Waals surface area contributed by atoms with Crippen molar-refractivity contribution in [1.82, 2.24) is 0 Å². The highest BCUT2D eigenvalue weighted by Crippen LogP contribution is 2.16. The summed E-state index contributed by atoms with van der Waals surface area (Å²) in [5.41, 5.74) is 0. The number of hydrogen-bond acceptors (Lipinski definition) is 5. The second-order valence-corrected chi connectivity index (χ2v) is 13.3. The number of rotatable bonds is 34. The van der Waals surface area contributed by atoms with Crippen LogP contribution in [0.3, 0.4) is 0 Å². The molecule has 0 fully saturated rings. The first-order chi connectivity index (χ1) is 21.0. The highest BCUT2D eigenvalue weighted by Gasteiger charge is 2.16. The first kappa shape index (κ1) is 41.9. The van der Waals surface area contributed by atoms with Gasteiger partial charge in [0.1, 0.15) is 6.61 Å². The predicted octanol–water partition coefficient (Wildman–Crippen LogP) is 11.4. The Hall–Kier alpha value is -1.10. The van der Waals surface area contributed by atoms with Gasteiger partial charge in [-0.05, 0) is 18.8 Å². The van der Waals surface area contributed by atoms with Gasteiger partial charge in [0.25, 0.3) is 0 Å². The average molecular weight is 611 g/mol. The molecule has 0 radical (unpaired) electrons. The third kappa shape index (κ3) is 32.1. The summed E-state index contributed by atoms with van der Waals surface area (Å²) < 4.78 is 10.6. The SMILES string of the molecule is CCCCCCCCCCCCCCCCCCCCCC(=O)OC[C@H](CO)OC(=O)CCCCCCCCC(C)CC. The Balaban J connectivity index is 3.48. The molecule has 0 aromatic rings. The van der Waals surface area contributed by atoms with Crippen LogP contribution in [0.15, 0.2) is 0 Å². The number of ether oxygens (including phenoxy) is 2. The lowest BCUT2D eigenvalue weighted by Crippen LogP contribution is -2.28. The second kappa shape index (κ2) is 33.8. The van der Waals surface area contributed by atoms with Crippen molar-refractivity contribution in [3.05, 3.63) is 0 Å². The molecular weight excluding hydrogens is 536 g/mol. The molecule has 0 spiro atoms. The minimum absolute atomic E-state index is 0.0591. The van der Waals surface area contributed by atoms with E-state index in [0.717, 1.165) is 38.0 Å². The van der Waals surface area contributed by atoms with Crippen LogP contribution >= 0.6 is 0 Å². The van der Waals surface area contributed by atoms with Crippen molar-refractivity contribution in [2.45, 2.75) is 213 Å². The lowest BCUT2D eigenvalue weighted by Gasteiger charge is -2.15. The summed E-state index contributed by atoms with van der Waals surface area (Å²) in [5, 5.41) is 9.51. The standard InChI is InChI=1S/C38H74O5/c1-4-6-7-8-9-10-11-12-13-14-15-16-17-18-19-20-21-25-28-31-37(40)42-34-36(33-39)43-38(41)32-29-26-23-22-24-27-30-35(3)5-2/h35-36,39H,4-34H2,1-3H3/t35?,36-/m0/s1. The summed E-state index contributed by atoms with van der Waals surface area (Å²) in [5.74, 6) is 0.243. The Morgan fingerprint density at radius 1 is 0.535 bits per heavy atom. The lowest BCUT2D eigenvalue weighted by molar-refractivity contribution is -0.161. The molecule has 0 saturated carbocycles. The highest BCUT2D eigenvalue weighted by atomic mass is 16.6. The molecule has 0 bridgehead atoms. The van der Waals surface area contributed by atoms with Gasteiger partial charge in [0, 0.05) is 12.8 Å². The smallest absolute Gasteiger partial charge is 0.306 e. The minimum atomic E-state index is -0.762. The van der Waals surface area contributed by atoms with Crippen molar-refractivity contribution < 1.29 is 24.2 Å².